The average Bonchev–Trinajstić information content (AvgIpc) is 3.18. The van der Waals surface area contributed by atoms with Gasteiger partial charge in [0.15, 0.2) is 11.0 Å². The van der Waals surface area contributed by atoms with Gasteiger partial charge in [-0.25, -0.2) is 0 Å². The van der Waals surface area contributed by atoms with Crippen molar-refractivity contribution in [3.8, 4) is 22.8 Å². The van der Waals surface area contributed by atoms with Crippen LogP contribution in [0.4, 0.5) is 0 Å². The highest BCUT2D eigenvalue weighted by Gasteiger charge is 2.16. The van der Waals surface area contributed by atoms with Crippen LogP contribution < -0.4 is 4.74 Å². The van der Waals surface area contributed by atoms with Gasteiger partial charge in [0, 0.05) is 21.5 Å². The van der Waals surface area contributed by atoms with Crippen molar-refractivity contribution in [1.29, 1.82) is 0 Å². The Morgan fingerprint density at radius 3 is 2.29 bits per heavy atom. The van der Waals surface area contributed by atoms with Crippen LogP contribution in [-0.2, 0) is 5.75 Å². The Morgan fingerprint density at radius 2 is 1.61 bits per heavy atom. The van der Waals surface area contributed by atoms with E-state index in [1.807, 2.05) is 42.5 Å². The first kappa shape index (κ1) is 18.8. The summed E-state index contributed by atoms with van der Waals surface area (Å²) >= 11 is 5.15. The van der Waals surface area contributed by atoms with E-state index >= 15 is 0 Å². The molecule has 1 aromatic heterocycles. The second-order valence-corrected chi connectivity index (χ2v) is 7.98. The highest BCUT2D eigenvalue weighted by Crippen LogP contribution is 2.30. The van der Waals surface area contributed by atoms with Crippen LogP contribution in [0.2, 0.25) is 0 Å². The summed E-state index contributed by atoms with van der Waals surface area (Å²) in [5.74, 6) is 2.45. The molecule has 0 saturated heterocycles. The molecule has 4 aromatic rings. The Bertz CT molecular complexity index is 1050. The number of hydrogen-bond donors (Lipinski definition) is 0. The lowest BCUT2D eigenvalue weighted by atomic mass is 10.2. The molecule has 4 nitrogen and oxygen atoms in total. The molecule has 6 heteroatoms. The summed E-state index contributed by atoms with van der Waals surface area (Å²) in [6, 6.07) is 26.4. The second kappa shape index (κ2) is 8.63. The molecule has 4 rings (SSSR count). The van der Waals surface area contributed by atoms with E-state index in [1.54, 1.807) is 18.9 Å². The summed E-state index contributed by atoms with van der Waals surface area (Å²) in [5.41, 5.74) is 3.27. The first-order chi connectivity index (χ1) is 13.7. The number of halogens is 1. The third kappa shape index (κ3) is 4.13. The van der Waals surface area contributed by atoms with Crippen molar-refractivity contribution >= 4 is 27.7 Å². The summed E-state index contributed by atoms with van der Waals surface area (Å²) in [4.78, 5) is 0. The van der Waals surface area contributed by atoms with E-state index < -0.39 is 0 Å². The summed E-state index contributed by atoms with van der Waals surface area (Å²) < 4.78 is 8.45. The van der Waals surface area contributed by atoms with E-state index in [2.05, 4.69) is 67.1 Å². The smallest absolute Gasteiger partial charge is 0.196 e. The monoisotopic (exact) mass is 451 g/mol. The van der Waals surface area contributed by atoms with Crippen LogP contribution in [-0.4, -0.2) is 21.9 Å². The van der Waals surface area contributed by atoms with Gasteiger partial charge in [-0.1, -0.05) is 58.0 Å². The van der Waals surface area contributed by atoms with E-state index in [0.29, 0.717) is 0 Å². The maximum Gasteiger partial charge on any atom is 0.196 e. The van der Waals surface area contributed by atoms with Gasteiger partial charge < -0.3 is 4.74 Å². The fourth-order valence-corrected chi connectivity index (χ4v) is 4.00. The van der Waals surface area contributed by atoms with Crippen LogP contribution >= 0.6 is 27.7 Å². The highest BCUT2D eigenvalue weighted by molar-refractivity contribution is 9.10. The van der Waals surface area contributed by atoms with Crippen molar-refractivity contribution in [3.63, 3.8) is 0 Å². The van der Waals surface area contributed by atoms with Crippen LogP contribution in [0.1, 0.15) is 5.56 Å². The molecule has 0 amide bonds. The lowest BCUT2D eigenvalue weighted by Gasteiger charge is -2.11. The molecule has 0 aliphatic rings. The number of ether oxygens (including phenoxy) is 1. The van der Waals surface area contributed by atoms with Gasteiger partial charge in [0.1, 0.15) is 5.75 Å². The Hall–Kier alpha value is -2.57. The van der Waals surface area contributed by atoms with Crippen LogP contribution in [0.5, 0.6) is 5.75 Å². The molecule has 28 heavy (non-hydrogen) atoms. The van der Waals surface area contributed by atoms with Gasteiger partial charge in [-0.3, -0.25) is 4.57 Å². The van der Waals surface area contributed by atoms with Gasteiger partial charge in [-0.2, -0.15) is 0 Å². The standard InChI is InChI=1S/C22H18BrN3OS/c1-27-20-13-9-17(10-14-20)21-24-25-22(26(21)19-5-3-2-4-6-19)28-15-16-7-11-18(23)12-8-16/h2-14H,15H2,1H3. The quantitative estimate of drug-likeness (QED) is 0.337. The van der Waals surface area contributed by atoms with Gasteiger partial charge in [0.25, 0.3) is 0 Å². The summed E-state index contributed by atoms with van der Waals surface area (Å²) in [6.45, 7) is 0. The molecule has 0 unspecified atom stereocenters. The van der Waals surface area contributed by atoms with E-state index in [-0.39, 0.29) is 0 Å². The molecule has 0 N–H and O–H groups in total. The second-order valence-electron chi connectivity index (χ2n) is 6.12. The SMILES string of the molecule is COc1ccc(-c2nnc(SCc3ccc(Br)cc3)n2-c2ccccc2)cc1. The first-order valence-electron chi connectivity index (χ1n) is 8.77. The molecule has 3 aromatic carbocycles. The molecule has 140 valence electrons. The molecule has 0 aliphatic heterocycles. The van der Waals surface area contributed by atoms with Gasteiger partial charge in [0.05, 0.1) is 7.11 Å². The number of hydrogen-bond acceptors (Lipinski definition) is 4. The Kier molecular flexibility index (Phi) is 5.78. The van der Waals surface area contributed by atoms with Crippen molar-refractivity contribution in [2.24, 2.45) is 0 Å². The number of nitrogens with zero attached hydrogens (tertiary/aromatic N) is 3. The fourth-order valence-electron chi connectivity index (χ4n) is 2.83. The van der Waals surface area contributed by atoms with Crippen LogP contribution in [0, 0.1) is 0 Å². The zero-order chi connectivity index (χ0) is 19.3. The number of para-hydroxylation sites is 1. The van der Waals surface area contributed by atoms with Crippen molar-refractivity contribution in [2.45, 2.75) is 10.9 Å². The zero-order valence-electron chi connectivity index (χ0n) is 15.2. The molecular formula is C22H18BrN3OS. The largest absolute Gasteiger partial charge is 0.497 e. The third-order valence-electron chi connectivity index (χ3n) is 4.28. The van der Waals surface area contributed by atoms with E-state index in [1.165, 1.54) is 5.56 Å². The molecule has 0 fully saturated rings. The van der Waals surface area contributed by atoms with Crippen LogP contribution in [0.25, 0.3) is 17.1 Å². The van der Waals surface area contributed by atoms with Gasteiger partial charge in [-0.05, 0) is 54.1 Å². The van der Waals surface area contributed by atoms with Crippen molar-refractivity contribution in [3.05, 3.63) is 88.9 Å². The van der Waals surface area contributed by atoms with Gasteiger partial charge in [0.2, 0.25) is 0 Å². The minimum atomic E-state index is 0.812. The van der Waals surface area contributed by atoms with E-state index in [9.17, 15) is 0 Å². The first-order valence-corrected chi connectivity index (χ1v) is 10.5. The lowest BCUT2D eigenvalue weighted by molar-refractivity contribution is 0.415. The van der Waals surface area contributed by atoms with Gasteiger partial charge in [-0.15, -0.1) is 10.2 Å². The number of methoxy groups -OCH3 is 1. The molecular weight excluding hydrogens is 434 g/mol. The topological polar surface area (TPSA) is 39.9 Å². The summed E-state index contributed by atoms with van der Waals surface area (Å²) in [5, 5.41) is 9.83. The van der Waals surface area contributed by atoms with E-state index in [4.69, 9.17) is 4.74 Å². The van der Waals surface area contributed by atoms with Crippen LogP contribution in [0.15, 0.2) is 88.5 Å². The molecule has 1 heterocycles. The van der Waals surface area contributed by atoms with Crippen molar-refractivity contribution in [1.82, 2.24) is 14.8 Å². The van der Waals surface area contributed by atoms with Crippen LogP contribution in [0.3, 0.4) is 0 Å². The fraction of sp³-hybridized carbons (Fsp3) is 0.0909. The number of rotatable bonds is 6. The van der Waals surface area contributed by atoms with Gasteiger partial charge >= 0.3 is 0 Å². The summed E-state index contributed by atoms with van der Waals surface area (Å²) in [7, 11) is 1.67. The lowest BCUT2D eigenvalue weighted by Crippen LogP contribution is -1.99. The molecule has 0 saturated carbocycles. The Labute approximate surface area is 176 Å². The van der Waals surface area contributed by atoms with E-state index in [0.717, 1.165) is 38.2 Å². The molecule has 0 atom stereocenters. The number of aromatic nitrogens is 3. The molecule has 0 aliphatic carbocycles. The Morgan fingerprint density at radius 1 is 0.893 bits per heavy atom. The van der Waals surface area contributed by atoms with Crippen molar-refractivity contribution < 1.29 is 4.74 Å². The Balaban J connectivity index is 1.69. The number of thioether (sulfide) groups is 1. The molecule has 0 radical (unpaired) electrons. The minimum Gasteiger partial charge on any atom is -0.497 e. The molecule has 0 spiro atoms. The maximum atomic E-state index is 5.27. The predicted octanol–water partition coefficient (Wildman–Crippen LogP) is 6.00. The normalized spacial score (nSPS) is 10.8. The minimum absolute atomic E-state index is 0.812. The molecule has 0 bridgehead atoms. The predicted molar refractivity (Wildman–Crippen MR) is 117 cm³/mol. The number of benzene rings is 3. The van der Waals surface area contributed by atoms with Crippen molar-refractivity contribution in [2.75, 3.05) is 7.11 Å². The zero-order valence-corrected chi connectivity index (χ0v) is 17.7. The maximum absolute atomic E-state index is 5.27. The third-order valence-corrected chi connectivity index (χ3v) is 5.81. The average molecular weight is 452 g/mol. The highest BCUT2D eigenvalue weighted by atomic mass is 79.9. The summed E-state index contributed by atoms with van der Waals surface area (Å²) in [6.07, 6.45) is 0.